The van der Waals surface area contributed by atoms with Crippen molar-refractivity contribution in [2.45, 2.75) is 19.9 Å². The summed E-state index contributed by atoms with van der Waals surface area (Å²) in [6.07, 6.45) is 1.05. The lowest BCUT2D eigenvalue weighted by Crippen LogP contribution is -2.15. The highest BCUT2D eigenvalue weighted by Gasteiger charge is 2.08. The van der Waals surface area contributed by atoms with Gasteiger partial charge in [-0.15, -0.1) is 11.3 Å². The number of nitrogens with zero attached hydrogens (tertiary/aromatic N) is 2. The van der Waals surface area contributed by atoms with Gasteiger partial charge in [0.05, 0.1) is 25.6 Å². The summed E-state index contributed by atoms with van der Waals surface area (Å²) in [6.45, 7) is 3.11. The third-order valence-electron chi connectivity index (χ3n) is 3.93. The predicted octanol–water partition coefficient (Wildman–Crippen LogP) is 4.88. The van der Waals surface area contributed by atoms with Crippen molar-refractivity contribution in [2.75, 3.05) is 14.2 Å². The fourth-order valence-corrected chi connectivity index (χ4v) is 3.57. The van der Waals surface area contributed by atoms with Crippen molar-refractivity contribution in [1.82, 2.24) is 4.57 Å². The molecule has 2 aromatic carbocycles. The fraction of sp³-hybridized carbons (Fsp3) is 0.250. The maximum absolute atomic E-state index is 5.25. The molecule has 1 aromatic heterocycles. The molecule has 130 valence electrons. The van der Waals surface area contributed by atoms with Crippen molar-refractivity contribution in [2.24, 2.45) is 4.99 Å². The summed E-state index contributed by atoms with van der Waals surface area (Å²) in [5.74, 6) is 1.70. The summed E-state index contributed by atoms with van der Waals surface area (Å²) >= 11 is 1.66. The van der Waals surface area contributed by atoms with E-state index in [0.29, 0.717) is 0 Å². The summed E-state index contributed by atoms with van der Waals surface area (Å²) < 4.78 is 12.7. The average molecular weight is 354 g/mol. The minimum atomic E-state index is 0.838. The van der Waals surface area contributed by atoms with Gasteiger partial charge in [0.15, 0.2) is 4.80 Å². The van der Waals surface area contributed by atoms with Gasteiger partial charge in [0.2, 0.25) is 0 Å². The number of ether oxygens (including phenoxy) is 2. The highest BCUT2D eigenvalue weighted by molar-refractivity contribution is 7.07. The average Bonchev–Trinajstić information content (AvgIpc) is 3.05. The Labute approximate surface area is 152 Å². The molecule has 5 heteroatoms. The largest absolute Gasteiger partial charge is 0.497 e. The Balaban J connectivity index is 2.02. The zero-order chi connectivity index (χ0) is 17.6. The van der Waals surface area contributed by atoms with Gasteiger partial charge >= 0.3 is 0 Å². The Morgan fingerprint density at radius 1 is 0.920 bits per heavy atom. The van der Waals surface area contributed by atoms with Gasteiger partial charge in [-0.05, 0) is 60.5 Å². The highest BCUT2D eigenvalue weighted by atomic mass is 32.1. The zero-order valence-electron chi connectivity index (χ0n) is 14.7. The lowest BCUT2D eigenvalue weighted by Gasteiger charge is -2.08. The maximum atomic E-state index is 5.25. The SMILES string of the molecule is CCCn1c(-c2ccc(OC)cc2)csc1=Nc1ccc(OC)cc1. The molecule has 4 nitrogen and oxygen atoms in total. The van der Waals surface area contributed by atoms with Crippen LogP contribution in [0.5, 0.6) is 11.5 Å². The molecule has 25 heavy (non-hydrogen) atoms. The van der Waals surface area contributed by atoms with Gasteiger partial charge in [0.25, 0.3) is 0 Å². The highest BCUT2D eigenvalue weighted by Crippen LogP contribution is 2.24. The molecule has 0 saturated carbocycles. The normalized spacial score (nSPS) is 11.6. The molecular formula is C20H22N2O2S. The van der Waals surface area contributed by atoms with E-state index in [1.54, 1.807) is 25.6 Å². The Morgan fingerprint density at radius 2 is 1.52 bits per heavy atom. The zero-order valence-corrected chi connectivity index (χ0v) is 15.5. The summed E-state index contributed by atoms with van der Waals surface area (Å²) in [7, 11) is 3.35. The minimum Gasteiger partial charge on any atom is -0.497 e. The van der Waals surface area contributed by atoms with Crippen LogP contribution in [0, 0.1) is 0 Å². The first-order valence-corrected chi connectivity index (χ1v) is 9.14. The van der Waals surface area contributed by atoms with E-state index < -0.39 is 0 Å². The molecule has 0 N–H and O–H groups in total. The van der Waals surface area contributed by atoms with Crippen LogP contribution in [0.2, 0.25) is 0 Å². The molecule has 3 aromatic rings. The van der Waals surface area contributed by atoms with Crippen LogP contribution in [0.25, 0.3) is 11.3 Å². The lowest BCUT2D eigenvalue weighted by atomic mass is 10.1. The Hall–Kier alpha value is -2.53. The summed E-state index contributed by atoms with van der Waals surface area (Å²) in [4.78, 5) is 5.81. The number of hydrogen-bond acceptors (Lipinski definition) is 4. The van der Waals surface area contributed by atoms with Crippen molar-refractivity contribution in [3.63, 3.8) is 0 Å². The van der Waals surface area contributed by atoms with Crippen LogP contribution in [0.3, 0.4) is 0 Å². The molecule has 0 aliphatic rings. The number of hydrogen-bond donors (Lipinski definition) is 0. The first-order chi connectivity index (χ1) is 12.2. The summed E-state index contributed by atoms with van der Waals surface area (Å²) in [5, 5.41) is 2.17. The van der Waals surface area contributed by atoms with Gasteiger partial charge in [0, 0.05) is 11.9 Å². The van der Waals surface area contributed by atoms with Crippen LogP contribution in [0.4, 0.5) is 5.69 Å². The van der Waals surface area contributed by atoms with E-state index in [-0.39, 0.29) is 0 Å². The van der Waals surface area contributed by atoms with Crippen LogP contribution >= 0.6 is 11.3 Å². The molecule has 0 aliphatic heterocycles. The van der Waals surface area contributed by atoms with E-state index in [4.69, 9.17) is 14.5 Å². The predicted molar refractivity (Wildman–Crippen MR) is 103 cm³/mol. The first kappa shape index (κ1) is 17.3. The van der Waals surface area contributed by atoms with E-state index in [2.05, 4.69) is 29.0 Å². The van der Waals surface area contributed by atoms with Crippen molar-refractivity contribution < 1.29 is 9.47 Å². The fourth-order valence-electron chi connectivity index (χ4n) is 2.62. The van der Waals surface area contributed by atoms with Gasteiger partial charge in [0.1, 0.15) is 11.5 Å². The van der Waals surface area contributed by atoms with E-state index in [1.165, 1.54) is 11.3 Å². The molecule has 0 bridgehead atoms. The second-order valence-corrected chi connectivity index (χ2v) is 6.43. The second kappa shape index (κ2) is 8.03. The molecule has 0 saturated heterocycles. The second-order valence-electron chi connectivity index (χ2n) is 5.59. The van der Waals surface area contributed by atoms with Crippen LogP contribution in [-0.2, 0) is 6.54 Å². The number of rotatable bonds is 6. The molecule has 1 heterocycles. The standard InChI is InChI=1S/C20H22N2O2S/c1-4-13-22-19(15-5-9-17(23-2)10-6-15)14-25-20(22)21-16-7-11-18(24-3)12-8-16/h5-12,14H,4,13H2,1-3H3. The Morgan fingerprint density at radius 3 is 2.08 bits per heavy atom. The van der Waals surface area contributed by atoms with Gasteiger partial charge in [-0.25, -0.2) is 4.99 Å². The number of thiazole rings is 1. The van der Waals surface area contributed by atoms with Gasteiger partial charge in [-0.2, -0.15) is 0 Å². The van der Waals surface area contributed by atoms with Gasteiger partial charge in [-0.1, -0.05) is 6.92 Å². The van der Waals surface area contributed by atoms with Crippen LogP contribution in [0.15, 0.2) is 58.9 Å². The van der Waals surface area contributed by atoms with Crippen LogP contribution in [0.1, 0.15) is 13.3 Å². The summed E-state index contributed by atoms with van der Waals surface area (Å²) in [5.41, 5.74) is 3.28. The van der Waals surface area contributed by atoms with Crippen LogP contribution < -0.4 is 14.3 Å². The third-order valence-corrected chi connectivity index (χ3v) is 4.79. The first-order valence-electron chi connectivity index (χ1n) is 8.26. The van der Waals surface area contributed by atoms with E-state index in [0.717, 1.165) is 35.0 Å². The smallest absolute Gasteiger partial charge is 0.190 e. The Bertz CT molecular complexity index is 877. The van der Waals surface area contributed by atoms with E-state index in [9.17, 15) is 0 Å². The molecule has 0 atom stereocenters. The number of aromatic nitrogens is 1. The quantitative estimate of drug-likeness (QED) is 0.633. The van der Waals surface area contributed by atoms with Crippen molar-refractivity contribution in [3.8, 4) is 22.8 Å². The monoisotopic (exact) mass is 354 g/mol. The van der Waals surface area contributed by atoms with E-state index >= 15 is 0 Å². The molecule has 0 unspecified atom stereocenters. The minimum absolute atomic E-state index is 0.838. The molecule has 0 radical (unpaired) electrons. The molecule has 0 aliphatic carbocycles. The molecular weight excluding hydrogens is 332 g/mol. The maximum Gasteiger partial charge on any atom is 0.190 e. The lowest BCUT2D eigenvalue weighted by molar-refractivity contribution is 0.414. The Kier molecular flexibility index (Phi) is 5.56. The molecule has 0 amide bonds. The van der Waals surface area contributed by atoms with Crippen molar-refractivity contribution in [1.29, 1.82) is 0 Å². The van der Waals surface area contributed by atoms with E-state index in [1.807, 2.05) is 36.4 Å². The number of methoxy groups -OCH3 is 2. The van der Waals surface area contributed by atoms with Crippen molar-refractivity contribution in [3.05, 3.63) is 58.7 Å². The number of benzene rings is 2. The topological polar surface area (TPSA) is 35.8 Å². The molecule has 0 fully saturated rings. The van der Waals surface area contributed by atoms with Crippen molar-refractivity contribution >= 4 is 17.0 Å². The molecule has 0 spiro atoms. The summed E-state index contributed by atoms with van der Waals surface area (Å²) in [6, 6.07) is 16.0. The van der Waals surface area contributed by atoms with Gasteiger partial charge in [-0.3, -0.25) is 0 Å². The molecule has 3 rings (SSSR count). The van der Waals surface area contributed by atoms with Gasteiger partial charge < -0.3 is 14.0 Å². The third kappa shape index (κ3) is 3.94. The van der Waals surface area contributed by atoms with Crippen LogP contribution in [-0.4, -0.2) is 18.8 Å².